The van der Waals surface area contributed by atoms with E-state index >= 15 is 0 Å². The molecule has 0 bridgehead atoms. The first-order valence-electron chi connectivity index (χ1n) is 7.81. The van der Waals surface area contributed by atoms with Gasteiger partial charge in [-0.3, -0.25) is 4.79 Å². The average Bonchev–Trinajstić information content (AvgIpc) is 2.62. The molecule has 0 saturated heterocycles. The lowest BCUT2D eigenvalue weighted by atomic mass is 10.2. The van der Waals surface area contributed by atoms with Gasteiger partial charge in [0.05, 0.1) is 5.02 Å². The van der Waals surface area contributed by atoms with Gasteiger partial charge in [-0.1, -0.05) is 30.7 Å². The molecule has 2 rings (SSSR count). The number of nitrogens with one attached hydrogen (secondary N) is 1. The summed E-state index contributed by atoms with van der Waals surface area (Å²) in [5, 5.41) is 2.99. The van der Waals surface area contributed by atoms with Crippen LogP contribution in [0.3, 0.4) is 0 Å². The van der Waals surface area contributed by atoms with Gasteiger partial charge in [-0.15, -0.1) is 0 Å². The van der Waals surface area contributed by atoms with Crippen molar-refractivity contribution >= 4 is 29.3 Å². The number of halogens is 1. The molecule has 1 aromatic carbocycles. The standard InChI is InChI=1S/C18H19ClN2O4/c1-3-13-4-7-15(8-5-13)24-11-17(22)25-12(2)18(23)21-16-9-6-14(19)10-20-16/h4-10,12H,3,11H2,1-2H3,(H,20,21,23)/t12-/m0/s1. The van der Waals surface area contributed by atoms with E-state index in [1.165, 1.54) is 18.7 Å². The van der Waals surface area contributed by atoms with Crippen molar-refractivity contribution in [1.82, 2.24) is 4.98 Å². The summed E-state index contributed by atoms with van der Waals surface area (Å²) in [6.45, 7) is 3.25. The van der Waals surface area contributed by atoms with E-state index in [9.17, 15) is 9.59 Å². The summed E-state index contributed by atoms with van der Waals surface area (Å²) in [6, 6.07) is 10.6. The first-order chi connectivity index (χ1) is 12.0. The van der Waals surface area contributed by atoms with Crippen LogP contribution in [0.5, 0.6) is 5.75 Å². The topological polar surface area (TPSA) is 77.5 Å². The molecule has 0 spiro atoms. The molecule has 0 aliphatic heterocycles. The molecule has 1 heterocycles. The molecular formula is C18H19ClN2O4. The maximum absolute atomic E-state index is 12.0. The fourth-order valence-corrected chi connectivity index (χ4v) is 2.04. The van der Waals surface area contributed by atoms with Crippen molar-refractivity contribution in [1.29, 1.82) is 0 Å². The van der Waals surface area contributed by atoms with Crippen LogP contribution in [-0.4, -0.2) is 29.6 Å². The zero-order valence-corrected chi connectivity index (χ0v) is 14.7. The molecule has 1 N–H and O–H groups in total. The van der Waals surface area contributed by atoms with Crippen LogP contribution in [0.2, 0.25) is 5.02 Å². The van der Waals surface area contributed by atoms with E-state index in [2.05, 4.69) is 17.2 Å². The fraction of sp³-hybridized carbons (Fsp3) is 0.278. The molecule has 0 aliphatic carbocycles. The lowest BCUT2D eigenvalue weighted by Crippen LogP contribution is -2.31. The number of aryl methyl sites for hydroxylation is 1. The van der Waals surface area contributed by atoms with Crippen molar-refractivity contribution in [2.45, 2.75) is 26.4 Å². The Morgan fingerprint density at radius 3 is 2.52 bits per heavy atom. The van der Waals surface area contributed by atoms with Crippen LogP contribution in [-0.2, 0) is 20.7 Å². The maximum atomic E-state index is 12.0. The molecule has 132 valence electrons. The number of esters is 1. The number of carbonyl (C=O) groups excluding carboxylic acids is 2. The highest BCUT2D eigenvalue weighted by Crippen LogP contribution is 2.13. The van der Waals surface area contributed by atoms with Gasteiger partial charge in [0.1, 0.15) is 11.6 Å². The SMILES string of the molecule is CCc1ccc(OCC(=O)O[C@@H](C)C(=O)Nc2ccc(Cl)cn2)cc1. The first-order valence-corrected chi connectivity index (χ1v) is 8.19. The smallest absolute Gasteiger partial charge is 0.344 e. The van der Waals surface area contributed by atoms with Gasteiger partial charge in [-0.25, -0.2) is 9.78 Å². The van der Waals surface area contributed by atoms with Crippen molar-refractivity contribution in [3.63, 3.8) is 0 Å². The third kappa shape index (κ3) is 6.08. The van der Waals surface area contributed by atoms with Gasteiger partial charge in [0.15, 0.2) is 12.7 Å². The van der Waals surface area contributed by atoms with Gasteiger partial charge in [0.25, 0.3) is 5.91 Å². The number of rotatable bonds is 7. The number of hydrogen-bond donors (Lipinski definition) is 1. The Balaban J connectivity index is 1.78. The highest BCUT2D eigenvalue weighted by Gasteiger charge is 2.18. The Labute approximate surface area is 151 Å². The summed E-state index contributed by atoms with van der Waals surface area (Å²) in [7, 11) is 0. The molecule has 6 nitrogen and oxygen atoms in total. The van der Waals surface area contributed by atoms with Gasteiger partial charge >= 0.3 is 5.97 Å². The number of hydrogen-bond acceptors (Lipinski definition) is 5. The summed E-state index contributed by atoms with van der Waals surface area (Å²) in [4.78, 5) is 27.7. The Morgan fingerprint density at radius 2 is 1.92 bits per heavy atom. The first kappa shape index (κ1) is 18.7. The zero-order chi connectivity index (χ0) is 18.2. The predicted octanol–water partition coefficient (Wildman–Crippen LogP) is 3.25. The van der Waals surface area contributed by atoms with Gasteiger partial charge < -0.3 is 14.8 Å². The van der Waals surface area contributed by atoms with Crippen molar-refractivity contribution in [3.05, 3.63) is 53.2 Å². The molecule has 1 aromatic heterocycles. The van der Waals surface area contributed by atoms with Crippen LogP contribution in [0, 0.1) is 0 Å². The molecular weight excluding hydrogens is 344 g/mol. The van der Waals surface area contributed by atoms with Crippen LogP contribution in [0.1, 0.15) is 19.4 Å². The molecule has 7 heteroatoms. The molecule has 25 heavy (non-hydrogen) atoms. The van der Waals surface area contributed by atoms with Gasteiger partial charge in [-0.05, 0) is 43.2 Å². The summed E-state index contributed by atoms with van der Waals surface area (Å²) in [5.74, 6) is -0.233. The molecule has 2 aromatic rings. The fourth-order valence-electron chi connectivity index (χ4n) is 1.93. The van der Waals surface area contributed by atoms with Crippen LogP contribution < -0.4 is 10.1 Å². The largest absolute Gasteiger partial charge is 0.482 e. The summed E-state index contributed by atoms with van der Waals surface area (Å²) >= 11 is 5.72. The Morgan fingerprint density at radius 1 is 1.20 bits per heavy atom. The number of amides is 1. The highest BCUT2D eigenvalue weighted by atomic mass is 35.5. The van der Waals surface area contributed by atoms with E-state index in [1.807, 2.05) is 12.1 Å². The monoisotopic (exact) mass is 362 g/mol. The van der Waals surface area contributed by atoms with Gasteiger partial charge in [0.2, 0.25) is 0 Å². The zero-order valence-electron chi connectivity index (χ0n) is 14.0. The quantitative estimate of drug-likeness (QED) is 0.765. The minimum absolute atomic E-state index is 0.276. The Bertz CT molecular complexity index is 717. The lowest BCUT2D eigenvalue weighted by Gasteiger charge is -2.13. The highest BCUT2D eigenvalue weighted by molar-refractivity contribution is 6.30. The summed E-state index contributed by atoms with van der Waals surface area (Å²) < 4.78 is 10.4. The summed E-state index contributed by atoms with van der Waals surface area (Å²) in [6.07, 6.45) is 1.36. The van der Waals surface area contributed by atoms with Gasteiger partial charge in [-0.2, -0.15) is 0 Å². The van der Waals surface area contributed by atoms with E-state index in [0.29, 0.717) is 16.6 Å². The second-order valence-electron chi connectivity index (χ2n) is 5.27. The number of benzene rings is 1. The van der Waals surface area contributed by atoms with Crippen molar-refractivity contribution < 1.29 is 19.1 Å². The molecule has 0 aliphatic rings. The van der Waals surface area contributed by atoms with E-state index in [0.717, 1.165) is 6.42 Å². The van der Waals surface area contributed by atoms with Crippen LogP contribution in [0.15, 0.2) is 42.6 Å². The minimum atomic E-state index is -0.976. The molecule has 0 radical (unpaired) electrons. The predicted molar refractivity (Wildman–Crippen MR) is 94.7 cm³/mol. The number of pyridine rings is 1. The maximum Gasteiger partial charge on any atom is 0.344 e. The van der Waals surface area contributed by atoms with E-state index in [1.54, 1.807) is 24.3 Å². The van der Waals surface area contributed by atoms with Crippen molar-refractivity contribution in [2.24, 2.45) is 0 Å². The molecule has 1 atom stereocenters. The van der Waals surface area contributed by atoms with Crippen LogP contribution in [0.4, 0.5) is 5.82 Å². The van der Waals surface area contributed by atoms with E-state index < -0.39 is 18.0 Å². The Hall–Kier alpha value is -2.60. The molecule has 0 unspecified atom stereocenters. The second kappa shape index (κ2) is 9.03. The third-order valence-electron chi connectivity index (χ3n) is 3.34. The van der Waals surface area contributed by atoms with Crippen LogP contribution in [0.25, 0.3) is 0 Å². The lowest BCUT2D eigenvalue weighted by molar-refractivity contribution is -0.155. The minimum Gasteiger partial charge on any atom is -0.482 e. The van der Waals surface area contributed by atoms with Crippen molar-refractivity contribution in [2.75, 3.05) is 11.9 Å². The normalized spacial score (nSPS) is 11.5. The molecule has 0 saturated carbocycles. The van der Waals surface area contributed by atoms with E-state index in [-0.39, 0.29) is 6.61 Å². The average molecular weight is 363 g/mol. The van der Waals surface area contributed by atoms with Crippen LogP contribution >= 0.6 is 11.6 Å². The number of ether oxygens (including phenoxy) is 2. The number of carbonyl (C=O) groups is 2. The molecule has 1 amide bonds. The van der Waals surface area contributed by atoms with Crippen molar-refractivity contribution in [3.8, 4) is 5.75 Å². The van der Waals surface area contributed by atoms with E-state index in [4.69, 9.17) is 21.1 Å². The number of aromatic nitrogens is 1. The number of nitrogens with zero attached hydrogens (tertiary/aromatic N) is 1. The number of anilines is 1. The molecule has 0 fully saturated rings. The van der Waals surface area contributed by atoms with Gasteiger partial charge in [0, 0.05) is 6.20 Å². The Kier molecular flexibility index (Phi) is 6.77. The summed E-state index contributed by atoms with van der Waals surface area (Å²) in [5.41, 5.74) is 1.18. The second-order valence-corrected chi connectivity index (χ2v) is 5.71. The third-order valence-corrected chi connectivity index (χ3v) is 3.57.